The molecular weight excluding hydrogens is 455 g/mol. The molecule has 8 nitrogen and oxygen atoms in total. The Morgan fingerprint density at radius 3 is 2.71 bits per heavy atom. The van der Waals surface area contributed by atoms with Gasteiger partial charge in [-0.05, 0) is 41.8 Å². The minimum atomic E-state index is -1.52. The Hall–Kier alpha value is -4.37. The summed E-state index contributed by atoms with van der Waals surface area (Å²) in [7, 11) is 0. The van der Waals surface area contributed by atoms with Crippen LogP contribution in [0.4, 0.5) is 4.39 Å². The van der Waals surface area contributed by atoms with Crippen molar-refractivity contribution in [3.63, 3.8) is 0 Å². The lowest BCUT2D eigenvalue weighted by molar-refractivity contribution is -0.131. The zero-order chi connectivity index (χ0) is 25.0. The highest BCUT2D eigenvalue weighted by Gasteiger charge is 2.33. The molecule has 0 spiro atoms. The van der Waals surface area contributed by atoms with Gasteiger partial charge in [0.15, 0.2) is 0 Å². The number of hydrogen-bond acceptors (Lipinski definition) is 6. The maximum absolute atomic E-state index is 14.4. The average molecular weight is 478 g/mol. The number of phenolic OH excluding ortho intramolecular Hbond substituents is 1. The molecule has 0 aliphatic rings. The van der Waals surface area contributed by atoms with Gasteiger partial charge in [-0.2, -0.15) is 0 Å². The molecule has 2 aromatic carbocycles. The predicted molar refractivity (Wildman–Crippen MR) is 124 cm³/mol. The Balaban J connectivity index is 1.57. The number of carboxylic acid groups (broad SMARTS) is 1. The van der Waals surface area contributed by atoms with Crippen molar-refractivity contribution in [2.24, 2.45) is 0 Å². The number of aromatic nitrogens is 2. The van der Waals surface area contributed by atoms with Crippen molar-refractivity contribution in [3.8, 4) is 11.5 Å². The molecule has 2 aromatic heterocycles. The van der Waals surface area contributed by atoms with Crippen LogP contribution in [-0.4, -0.2) is 31.3 Å². The molecule has 0 fully saturated rings. The van der Waals surface area contributed by atoms with E-state index < -0.39 is 17.4 Å². The van der Waals surface area contributed by atoms with Crippen molar-refractivity contribution in [1.29, 1.82) is 0 Å². The minimum Gasteiger partial charge on any atom is -0.507 e. The number of benzene rings is 2. The summed E-state index contributed by atoms with van der Waals surface area (Å²) in [6.45, 7) is 1.75. The van der Waals surface area contributed by atoms with Crippen LogP contribution in [0.15, 0.2) is 77.9 Å². The summed E-state index contributed by atoms with van der Waals surface area (Å²) in [4.78, 5) is 18.3. The molecule has 180 valence electrons. The smallest absolute Gasteiger partial charge is 0.328 e. The van der Waals surface area contributed by atoms with E-state index in [1.54, 1.807) is 31.3 Å². The molecule has 1 unspecified atom stereocenters. The summed E-state index contributed by atoms with van der Waals surface area (Å²) in [5, 5.41) is 30.9. The van der Waals surface area contributed by atoms with E-state index in [1.165, 1.54) is 43.0 Å². The van der Waals surface area contributed by atoms with Gasteiger partial charge in [0.1, 0.15) is 35.3 Å². The standard InChI is InChI=1S/C26H23FN2O6/c1-2-26(33,25-28-6-7-29-25)18-10-19(27)12-20(11-18)35-14-16-3-4-21(23(30)9-16)22(13-24(31)32)17-5-8-34-15-17/h3-13,15,30,33H,2,14H2,1H3,(H,28,29)(H,31,32). The van der Waals surface area contributed by atoms with Gasteiger partial charge >= 0.3 is 5.97 Å². The first-order valence-electron chi connectivity index (χ1n) is 10.8. The molecule has 0 aliphatic heterocycles. The van der Waals surface area contributed by atoms with Gasteiger partial charge in [-0.3, -0.25) is 0 Å². The lowest BCUT2D eigenvalue weighted by atomic mass is 9.90. The van der Waals surface area contributed by atoms with Crippen molar-refractivity contribution < 1.29 is 33.7 Å². The molecule has 0 saturated carbocycles. The van der Waals surface area contributed by atoms with Gasteiger partial charge in [0, 0.05) is 41.2 Å². The van der Waals surface area contributed by atoms with Crippen LogP contribution in [0.2, 0.25) is 0 Å². The van der Waals surface area contributed by atoms with Crippen molar-refractivity contribution in [2.75, 3.05) is 0 Å². The van der Waals surface area contributed by atoms with E-state index in [0.29, 0.717) is 22.5 Å². The molecule has 4 rings (SSSR count). The number of halogens is 1. The van der Waals surface area contributed by atoms with Crippen molar-refractivity contribution in [2.45, 2.75) is 25.6 Å². The molecule has 0 aliphatic carbocycles. The van der Waals surface area contributed by atoms with Crippen molar-refractivity contribution >= 4 is 11.5 Å². The zero-order valence-electron chi connectivity index (χ0n) is 18.7. The number of aliphatic carboxylic acids is 1. The molecule has 9 heteroatoms. The van der Waals surface area contributed by atoms with Gasteiger partial charge in [-0.1, -0.05) is 19.1 Å². The van der Waals surface area contributed by atoms with Crippen LogP contribution < -0.4 is 4.74 Å². The number of aromatic amines is 1. The third-order valence-corrected chi connectivity index (χ3v) is 5.61. The van der Waals surface area contributed by atoms with E-state index in [-0.39, 0.29) is 35.7 Å². The maximum atomic E-state index is 14.4. The number of ether oxygens (including phenoxy) is 1. The number of nitrogens with one attached hydrogen (secondary N) is 1. The second-order valence-corrected chi connectivity index (χ2v) is 7.88. The quantitative estimate of drug-likeness (QED) is 0.259. The zero-order valence-corrected chi connectivity index (χ0v) is 18.7. The average Bonchev–Trinajstić information content (AvgIpc) is 3.55. The summed E-state index contributed by atoms with van der Waals surface area (Å²) in [5.74, 6) is -1.43. The lowest BCUT2D eigenvalue weighted by Crippen LogP contribution is -2.28. The molecule has 0 radical (unpaired) electrons. The molecule has 0 bridgehead atoms. The fraction of sp³-hybridized carbons (Fsp3) is 0.154. The van der Waals surface area contributed by atoms with Gasteiger partial charge < -0.3 is 29.5 Å². The SMILES string of the molecule is CCC(O)(c1cc(F)cc(OCc2ccc(C(=CC(=O)O)c3ccoc3)c(O)c2)c1)c1ncc[nH]1. The molecule has 4 aromatic rings. The highest BCUT2D eigenvalue weighted by atomic mass is 19.1. The summed E-state index contributed by atoms with van der Waals surface area (Å²) in [6, 6.07) is 10.2. The number of aliphatic hydroxyl groups is 1. The first kappa shape index (κ1) is 23.8. The number of carbonyl (C=O) groups is 1. The summed E-state index contributed by atoms with van der Waals surface area (Å²) < 4.78 is 25.2. The Kier molecular flexibility index (Phi) is 6.70. The van der Waals surface area contributed by atoms with E-state index in [0.717, 1.165) is 6.08 Å². The molecule has 1 atom stereocenters. The van der Waals surface area contributed by atoms with E-state index in [9.17, 15) is 24.5 Å². The van der Waals surface area contributed by atoms with E-state index in [2.05, 4.69) is 9.97 Å². The summed E-state index contributed by atoms with van der Waals surface area (Å²) in [5.41, 5.74) is 0.407. The fourth-order valence-electron chi connectivity index (χ4n) is 3.80. The molecular formula is C26H23FN2O6. The number of phenols is 1. The predicted octanol–water partition coefficient (Wildman–Crippen LogP) is 4.59. The van der Waals surface area contributed by atoms with Crippen LogP contribution in [-0.2, 0) is 17.0 Å². The first-order valence-corrected chi connectivity index (χ1v) is 10.8. The van der Waals surface area contributed by atoms with Crippen LogP contribution >= 0.6 is 0 Å². The molecule has 0 amide bonds. The second kappa shape index (κ2) is 9.86. The topological polar surface area (TPSA) is 129 Å². The van der Waals surface area contributed by atoms with Crippen LogP contribution in [0.3, 0.4) is 0 Å². The summed E-state index contributed by atoms with van der Waals surface area (Å²) >= 11 is 0. The summed E-state index contributed by atoms with van der Waals surface area (Å²) in [6.07, 6.45) is 7.11. The number of imidazole rings is 1. The normalized spacial score (nSPS) is 13.4. The maximum Gasteiger partial charge on any atom is 0.328 e. The molecule has 2 heterocycles. The van der Waals surface area contributed by atoms with E-state index in [1.807, 2.05) is 0 Å². The Morgan fingerprint density at radius 2 is 2.09 bits per heavy atom. The highest BCUT2D eigenvalue weighted by molar-refractivity contribution is 5.96. The third-order valence-electron chi connectivity index (χ3n) is 5.61. The number of carboxylic acids is 1. The molecule has 35 heavy (non-hydrogen) atoms. The lowest BCUT2D eigenvalue weighted by Gasteiger charge is -2.25. The number of rotatable bonds is 9. The highest BCUT2D eigenvalue weighted by Crippen LogP contribution is 2.34. The van der Waals surface area contributed by atoms with Crippen LogP contribution in [0.5, 0.6) is 11.5 Å². The number of nitrogens with zero attached hydrogens (tertiary/aromatic N) is 1. The number of furan rings is 1. The third kappa shape index (κ3) is 5.10. The first-order chi connectivity index (χ1) is 16.8. The minimum absolute atomic E-state index is 0.00821. The largest absolute Gasteiger partial charge is 0.507 e. The van der Waals surface area contributed by atoms with Gasteiger partial charge in [-0.25, -0.2) is 14.2 Å². The van der Waals surface area contributed by atoms with Crippen LogP contribution in [0.25, 0.3) is 5.57 Å². The van der Waals surface area contributed by atoms with Crippen molar-refractivity contribution in [1.82, 2.24) is 9.97 Å². The van der Waals surface area contributed by atoms with E-state index >= 15 is 0 Å². The van der Waals surface area contributed by atoms with E-state index in [4.69, 9.17) is 9.15 Å². The number of aromatic hydroxyl groups is 1. The monoisotopic (exact) mass is 478 g/mol. The Labute approximate surface area is 200 Å². The van der Waals surface area contributed by atoms with Crippen molar-refractivity contribution in [3.05, 3.63) is 107 Å². The number of H-pyrrole nitrogens is 1. The molecule has 4 N–H and O–H groups in total. The Bertz CT molecular complexity index is 1350. The van der Waals surface area contributed by atoms with Gasteiger partial charge in [0.05, 0.1) is 12.5 Å². The second-order valence-electron chi connectivity index (χ2n) is 7.88. The molecule has 0 saturated heterocycles. The van der Waals surface area contributed by atoms with Gasteiger partial charge in [0.2, 0.25) is 0 Å². The Morgan fingerprint density at radius 1 is 1.26 bits per heavy atom. The fourth-order valence-corrected chi connectivity index (χ4v) is 3.80. The van der Waals surface area contributed by atoms with Crippen LogP contribution in [0.1, 0.15) is 41.4 Å². The van der Waals surface area contributed by atoms with Crippen LogP contribution in [0, 0.1) is 5.82 Å². The number of hydrogen-bond donors (Lipinski definition) is 4. The van der Waals surface area contributed by atoms with Gasteiger partial charge in [0.25, 0.3) is 0 Å². The van der Waals surface area contributed by atoms with Gasteiger partial charge in [-0.15, -0.1) is 0 Å².